The molecule has 1 unspecified atom stereocenters. The van der Waals surface area contributed by atoms with Crippen LogP contribution in [0.15, 0.2) is 55.5 Å². The highest BCUT2D eigenvalue weighted by atomic mass is 16.5. The Bertz CT molecular complexity index is 1150. The number of nitrogen functional groups attached to an aromatic ring is 1. The van der Waals surface area contributed by atoms with Gasteiger partial charge in [0.05, 0.1) is 18.8 Å². The van der Waals surface area contributed by atoms with Crippen molar-refractivity contribution in [1.29, 1.82) is 0 Å². The molecule has 0 bridgehead atoms. The standard InChI is InChI=1S/C22H25N7O/c1-30-18-4-2-3-16(11-18)19-13-29(22-20(19)21(23)25-14-26-22)17-5-7-27(12-17)9-10-28-8-6-24-15-28/h2-4,6,8,11,13-15,17H,5,7,9-10,12H2,1H3,(H2,23,25,26). The molecule has 154 valence electrons. The van der Waals surface area contributed by atoms with Crippen LogP contribution in [0.1, 0.15) is 12.5 Å². The highest BCUT2D eigenvalue weighted by Crippen LogP contribution is 2.37. The number of hydrogen-bond acceptors (Lipinski definition) is 6. The maximum absolute atomic E-state index is 6.29. The lowest BCUT2D eigenvalue weighted by molar-refractivity contribution is 0.310. The van der Waals surface area contributed by atoms with Gasteiger partial charge in [-0.05, 0) is 24.1 Å². The Morgan fingerprint density at radius 3 is 3.00 bits per heavy atom. The third kappa shape index (κ3) is 3.39. The minimum absolute atomic E-state index is 0.351. The second kappa shape index (κ2) is 7.79. The Morgan fingerprint density at radius 1 is 1.23 bits per heavy atom. The lowest BCUT2D eigenvalue weighted by Crippen LogP contribution is -2.25. The number of imidazole rings is 1. The van der Waals surface area contributed by atoms with Crippen molar-refractivity contribution in [1.82, 2.24) is 29.0 Å². The van der Waals surface area contributed by atoms with E-state index in [2.05, 4.69) is 41.2 Å². The van der Waals surface area contributed by atoms with Gasteiger partial charge in [0, 0.05) is 56.4 Å². The Kier molecular flexibility index (Phi) is 4.84. The number of nitrogens with two attached hydrogens (primary N) is 1. The van der Waals surface area contributed by atoms with Crippen LogP contribution in [-0.2, 0) is 6.54 Å². The summed E-state index contributed by atoms with van der Waals surface area (Å²) in [5.41, 5.74) is 9.27. The summed E-state index contributed by atoms with van der Waals surface area (Å²) in [4.78, 5) is 15.5. The minimum atomic E-state index is 0.351. The molecule has 1 fully saturated rings. The van der Waals surface area contributed by atoms with Gasteiger partial charge in [0.15, 0.2) is 0 Å². The predicted octanol–water partition coefficient (Wildman–Crippen LogP) is 2.83. The van der Waals surface area contributed by atoms with E-state index in [0.717, 1.165) is 60.5 Å². The molecular formula is C22H25N7O. The molecule has 4 aromatic rings. The van der Waals surface area contributed by atoms with Crippen molar-refractivity contribution in [2.45, 2.75) is 19.0 Å². The average Bonchev–Trinajstić information content (AvgIpc) is 3.52. The van der Waals surface area contributed by atoms with E-state index >= 15 is 0 Å². The minimum Gasteiger partial charge on any atom is -0.497 e. The number of rotatable bonds is 6. The fourth-order valence-electron chi connectivity index (χ4n) is 4.31. The van der Waals surface area contributed by atoms with Crippen molar-refractivity contribution in [3.05, 3.63) is 55.5 Å². The second-order valence-corrected chi connectivity index (χ2v) is 7.68. The molecule has 30 heavy (non-hydrogen) atoms. The Morgan fingerprint density at radius 2 is 2.17 bits per heavy atom. The van der Waals surface area contributed by atoms with Gasteiger partial charge in [-0.3, -0.25) is 4.90 Å². The van der Waals surface area contributed by atoms with Gasteiger partial charge in [0.25, 0.3) is 0 Å². The van der Waals surface area contributed by atoms with Crippen molar-refractivity contribution >= 4 is 16.9 Å². The molecule has 1 aliphatic heterocycles. The summed E-state index contributed by atoms with van der Waals surface area (Å²) in [6.07, 6.45) is 10.5. The summed E-state index contributed by atoms with van der Waals surface area (Å²) in [6.45, 7) is 4.00. The van der Waals surface area contributed by atoms with E-state index < -0.39 is 0 Å². The first-order valence-corrected chi connectivity index (χ1v) is 10.2. The molecule has 0 amide bonds. The Hall–Kier alpha value is -3.39. The molecule has 1 atom stereocenters. The first-order chi connectivity index (χ1) is 14.7. The van der Waals surface area contributed by atoms with E-state index in [-0.39, 0.29) is 0 Å². The van der Waals surface area contributed by atoms with E-state index in [1.165, 1.54) is 0 Å². The van der Waals surface area contributed by atoms with E-state index in [1.807, 2.05) is 36.9 Å². The zero-order valence-corrected chi connectivity index (χ0v) is 17.0. The van der Waals surface area contributed by atoms with Gasteiger partial charge in [-0.1, -0.05) is 12.1 Å². The molecule has 1 aliphatic rings. The number of benzene rings is 1. The number of likely N-dealkylation sites (tertiary alicyclic amines) is 1. The SMILES string of the molecule is COc1cccc(-c2cn(C3CCN(CCn4ccnc4)C3)c3ncnc(N)c23)c1. The number of ether oxygens (including phenoxy) is 1. The van der Waals surface area contributed by atoms with Crippen molar-refractivity contribution in [3.8, 4) is 16.9 Å². The summed E-state index contributed by atoms with van der Waals surface area (Å²) in [7, 11) is 1.68. The number of aromatic nitrogens is 5. The zero-order valence-electron chi connectivity index (χ0n) is 17.0. The van der Waals surface area contributed by atoms with Crippen LogP contribution in [0.3, 0.4) is 0 Å². The molecular weight excluding hydrogens is 378 g/mol. The van der Waals surface area contributed by atoms with Crippen LogP contribution in [0.2, 0.25) is 0 Å². The van der Waals surface area contributed by atoms with E-state index in [9.17, 15) is 0 Å². The number of methoxy groups -OCH3 is 1. The van der Waals surface area contributed by atoms with Crippen LogP contribution in [0, 0.1) is 0 Å². The topological polar surface area (TPSA) is 87.0 Å². The summed E-state index contributed by atoms with van der Waals surface area (Å²) in [6, 6.07) is 8.38. The first kappa shape index (κ1) is 18.6. The van der Waals surface area contributed by atoms with E-state index in [0.29, 0.717) is 11.9 Å². The molecule has 0 aliphatic carbocycles. The average molecular weight is 403 g/mol. The van der Waals surface area contributed by atoms with Crippen LogP contribution >= 0.6 is 0 Å². The Labute approximate surface area is 174 Å². The van der Waals surface area contributed by atoms with Gasteiger partial charge in [0.1, 0.15) is 23.5 Å². The number of anilines is 1. The maximum Gasteiger partial charge on any atom is 0.146 e. The van der Waals surface area contributed by atoms with Crippen molar-refractivity contribution < 1.29 is 4.74 Å². The summed E-state index contributed by atoms with van der Waals surface area (Å²) in [5.74, 6) is 1.32. The normalized spacial score (nSPS) is 17.0. The molecule has 4 heterocycles. The summed E-state index contributed by atoms with van der Waals surface area (Å²) in [5, 5.41) is 0.905. The van der Waals surface area contributed by atoms with E-state index in [1.54, 1.807) is 13.4 Å². The quantitative estimate of drug-likeness (QED) is 0.533. The van der Waals surface area contributed by atoms with Crippen LogP contribution in [0.5, 0.6) is 5.75 Å². The largest absolute Gasteiger partial charge is 0.497 e. The van der Waals surface area contributed by atoms with Crippen LogP contribution in [0.4, 0.5) is 5.82 Å². The third-order valence-electron chi connectivity index (χ3n) is 5.89. The number of fused-ring (bicyclic) bond motifs is 1. The lowest BCUT2D eigenvalue weighted by atomic mass is 10.1. The lowest BCUT2D eigenvalue weighted by Gasteiger charge is -2.17. The molecule has 8 nitrogen and oxygen atoms in total. The van der Waals surface area contributed by atoms with Crippen LogP contribution < -0.4 is 10.5 Å². The van der Waals surface area contributed by atoms with Gasteiger partial charge >= 0.3 is 0 Å². The highest BCUT2D eigenvalue weighted by molar-refractivity contribution is 6.00. The van der Waals surface area contributed by atoms with Gasteiger partial charge in [0.2, 0.25) is 0 Å². The molecule has 2 N–H and O–H groups in total. The Balaban J connectivity index is 1.46. The summed E-state index contributed by atoms with van der Waals surface area (Å²) >= 11 is 0. The summed E-state index contributed by atoms with van der Waals surface area (Å²) < 4.78 is 9.81. The molecule has 5 rings (SSSR count). The van der Waals surface area contributed by atoms with Crippen molar-refractivity contribution in [2.24, 2.45) is 0 Å². The molecule has 0 spiro atoms. The monoisotopic (exact) mass is 403 g/mol. The van der Waals surface area contributed by atoms with Gasteiger partial charge in [-0.15, -0.1) is 0 Å². The van der Waals surface area contributed by atoms with Gasteiger partial charge in [-0.25, -0.2) is 15.0 Å². The molecule has 3 aromatic heterocycles. The smallest absolute Gasteiger partial charge is 0.146 e. The predicted molar refractivity (Wildman–Crippen MR) is 116 cm³/mol. The van der Waals surface area contributed by atoms with Crippen molar-refractivity contribution in [3.63, 3.8) is 0 Å². The van der Waals surface area contributed by atoms with E-state index in [4.69, 9.17) is 10.5 Å². The number of hydrogen-bond donors (Lipinski definition) is 1. The fourth-order valence-corrected chi connectivity index (χ4v) is 4.31. The van der Waals surface area contributed by atoms with Gasteiger partial charge < -0.3 is 19.6 Å². The number of nitrogens with zero attached hydrogens (tertiary/aromatic N) is 6. The van der Waals surface area contributed by atoms with Crippen molar-refractivity contribution in [2.75, 3.05) is 32.5 Å². The fraction of sp³-hybridized carbons (Fsp3) is 0.318. The second-order valence-electron chi connectivity index (χ2n) is 7.68. The molecule has 0 saturated carbocycles. The molecule has 0 radical (unpaired) electrons. The van der Waals surface area contributed by atoms with Crippen LogP contribution in [-0.4, -0.2) is 55.7 Å². The third-order valence-corrected chi connectivity index (χ3v) is 5.89. The molecule has 1 aromatic carbocycles. The molecule has 1 saturated heterocycles. The maximum atomic E-state index is 6.29. The van der Waals surface area contributed by atoms with Gasteiger partial charge in [-0.2, -0.15) is 0 Å². The van der Waals surface area contributed by atoms with Crippen LogP contribution in [0.25, 0.3) is 22.2 Å². The first-order valence-electron chi connectivity index (χ1n) is 10.2. The zero-order chi connectivity index (χ0) is 20.5. The highest BCUT2D eigenvalue weighted by Gasteiger charge is 2.27. The molecule has 8 heteroatoms.